The van der Waals surface area contributed by atoms with Crippen LogP contribution in [0.1, 0.15) is 21.5 Å². The molecule has 0 saturated carbocycles. The lowest BCUT2D eigenvalue weighted by atomic mass is 9.98. The van der Waals surface area contributed by atoms with Gasteiger partial charge >= 0.3 is 5.97 Å². The molecule has 0 atom stereocenters. The van der Waals surface area contributed by atoms with Crippen molar-refractivity contribution in [1.82, 2.24) is 10.3 Å². The Morgan fingerprint density at radius 3 is 2.31 bits per heavy atom. The fraction of sp³-hybridized carbons (Fsp3) is 0.0769. The van der Waals surface area contributed by atoms with Crippen molar-refractivity contribution in [3.8, 4) is 17.2 Å². The minimum Gasteiger partial charge on any atom is -0.480 e. The second kappa shape index (κ2) is 11.8. The van der Waals surface area contributed by atoms with Gasteiger partial charge in [-0.3, -0.25) is 14.6 Å². The van der Waals surface area contributed by atoms with Crippen LogP contribution in [0.4, 0.5) is 4.39 Å². The second-order valence-corrected chi connectivity index (χ2v) is 8.68. The summed E-state index contributed by atoms with van der Waals surface area (Å²) in [5, 5.41) is 20.7. The lowest BCUT2D eigenvalue weighted by Gasteiger charge is -2.10. The summed E-state index contributed by atoms with van der Waals surface area (Å²) in [6.07, 6.45) is 1.78. The third-order valence-electron chi connectivity index (χ3n) is 5.01. The average Bonchev–Trinajstić information content (AvgIpc) is 2.83. The highest BCUT2D eigenvalue weighted by atomic mass is 35.5. The number of pyridine rings is 1. The number of nitrogens with one attached hydrogen (secondary N) is 1. The zero-order valence-electron chi connectivity index (χ0n) is 18.7. The van der Waals surface area contributed by atoms with Crippen LogP contribution in [-0.4, -0.2) is 28.5 Å². The van der Waals surface area contributed by atoms with Crippen molar-refractivity contribution in [2.75, 3.05) is 6.54 Å². The molecule has 0 radical (unpaired) electrons. The number of carboxylic acids is 1. The molecule has 0 aliphatic rings. The predicted molar refractivity (Wildman–Crippen MR) is 138 cm³/mol. The molecule has 0 bridgehead atoms. The third kappa shape index (κ3) is 6.29. The molecule has 2 N–H and O–H groups in total. The number of carboxylic acid groups (broad SMARTS) is 1. The molecule has 0 unspecified atom stereocenters. The predicted octanol–water partition coefficient (Wildman–Crippen LogP) is 6.68. The van der Waals surface area contributed by atoms with Crippen LogP contribution >= 0.6 is 34.8 Å². The molecular formula is C26H17Cl3FN3O3. The Kier molecular flexibility index (Phi) is 8.83. The Bertz CT molecular complexity index is 1500. The Labute approximate surface area is 220 Å². The van der Waals surface area contributed by atoms with Crippen LogP contribution in [0.15, 0.2) is 60.8 Å². The molecule has 1 heterocycles. The van der Waals surface area contributed by atoms with E-state index in [1.165, 1.54) is 5.56 Å². The number of aryl methyl sites for hydroxylation is 1. The van der Waals surface area contributed by atoms with E-state index >= 15 is 0 Å². The zero-order valence-corrected chi connectivity index (χ0v) is 20.9. The first-order chi connectivity index (χ1) is 17.1. The summed E-state index contributed by atoms with van der Waals surface area (Å²) >= 11 is 17.5. The number of amides is 1. The highest BCUT2D eigenvalue weighted by molar-refractivity contribution is 6.39. The molecule has 182 valence electrons. The Balaban J connectivity index is 0.000000207. The number of benzene rings is 3. The van der Waals surface area contributed by atoms with Crippen LogP contribution in [0.3, 0.4) is 0 Å². The van der Waals surface area contributed by atoms with Gasteiger partial charge in [-0.05, 0) is 42.8 Å². The van der Waals surface area contributed by atoms with Gasteiger partial charge in [0.1, 0.15) is 12.4 Å². The van der Waals surface area contributed by atoms with Gasteiger partial charge in [-0.25, -0.2) is 4.39 Å². The first-order valence-electron chi connectivity index (χ1n) is 10.3. The van der Waals surface area contributed by atoms with Crippen LogP contribution in [0.5, 0.6) is 0 Å². The first kappa shape index (κ1) is 26.9. The number of nitrogens with zero attached hydrogens (tertiary/aromatic N) is 2. The van der Waals surface area contributed by atoms with Gasteiger partial charge in [0.2, 0.25) is 0 Å². The first-order valence-corrected chi connectivity index (χ1v) is 11.4. The van der Waals surface area contributed by atoms with Gasteiger partial charge in [-0.1, -0.05) is 59.1 Å². The van der Waals surface area contributed by atoms with E-state index in [-0.39, 0.29) is 15.6 Å². The normalized spacial score (nSPS) is 10.2. The van der Waals surface area contributed by atoms with Crippen molar-refractivity contribution in [2.45, 2.75) is 6.92 Å². The van der Waals surface area contributed by atoms with E-state index < -0.39 is 24.2 Å². The lowest BCUT2D eigenvalue weighted by molar-refractivity contribution is -0.135. The van der Waals surface area contributed by atoms with Crippen molar-refractivity contribution in [3.63, 3.8) is 0 Å². The van der Waals surface area contributed by atoms with E-state index in [4.69, 9.17) is 45.2 Å². The molecule has 3 aromatic carbocycles. The van der Waals surface area contributed by atoms with Crippen molar-refractivity contribution < 1.29 is 19.1 Å². The van der Waals surface area contributed by atoms with Gasteiger partial charge in [0.25, 0.3) is 5.91 Å². The molecule has 1 amide bonds. The molecule has 10 heteroatoms. The molecule has 4 rings (SSSR count). The molecule has 0 spiro atoms. The highest BCUT2D eigenvalue weighted by Crippen LogP contribution is 2.34. The summed E-state index contributed by atoms with van der Waals surface area (Å²) in [5.41, 5.74) is 4.41. The van der Waals surface area contributed by atoms with E-state index in [9.17, 15) is 14.0 Å². The Hall–Kier alpha value is -3.70. The molecule has 0 aliphatic heterocycles. The van der Waals surface area contributed by atoms with Gasteiger partial charge in [-0.2, -0.15) is 5.26 Å². The molecule has 36 heavy (non-hydrogen) atoms. The minimum atomic E-state index is -1.21. The van der Waals surface area contributed by atoms with Crippen molar-refractivity contribution in [2.24, 2.45) is 0 Å². The Morgan fingerprint density at radius 1 is 1.03 bits per heavy atom. The number of aromatic nitrogens is 1. The van der Waals surface area contributed by atoms with Crippen molar-refractivity contribution in [3.05, 3.63) is 98.4 Å². The number of nitriles is 1. The molecule has 0 fully saturated rings. The van der Waals surface area contributed by atoms with Gasteiger partial charge < -0.3 is 10.4 Å². The average molecular weight is 545 g/mol. The minimum absolute atomic E-state index is 0.147. The highest BCUT2D eigenvalue weighted by Gasteiger charge is 2.16. The molecule has 0 saturated heterocycles. The Morgan fingerprint density at radius 2 is 1.69 bits per heavy atom. The van der Waals surface area contributed by atoms with E-state index in [2.05, 4.69) is 35.4 Å². The molecule has 6 nitrogen and oxygen atoms in total. The molecular weight excluding hydrogens is 528 g/mol. The topological polar surface area (TPSA) is 103 Å². The van der Waals surface area contributed by atoms with Crippen molar-refractivity contribution >= 4 is 57.6 Å². The van der Waals surface area contributed by atoms with Crippen LogP contribution in [0.2, 0.25) is 15.1 Å². The van der Waals surface area contributed by atoms with E-state index in [0.717, 1.165) is 34.2 Å². The van der Waals surface area contributed by atoms with Crippen molar-refractivity contribution in [1.29, 1.82) is 5.26 Å². The summed E-state index contributed by atoms with van der Waals surface area (Å²) in [6.45, 7) is 1.50. The fourth-order valence-electron chi connectivity index (χ4n) is 3.34. The number of hydrogen-bond donors (Lipinski definition) is 2. The summed E-state index contributed by atoms with van der Waals surface area (Å²) in [7, 11) is 0. The number of aliphatic carboxylic acids is 1. The summed E-state index contributed by atoms with van der Waals surface area (Å²) in [4.78, 5) is 26.1. The quantitative estimate of drug-likeness (QED) is 0.298. The number of fused-ring (bicyclic) bond motifs is 1. The summed E-state index contributed by atoms with van der Waals surface area (Å²) in [5.74, 6) is -2.65. The largest absolute Gasteiger partial charge is 0.480 e. The van der Waals surface area contributed by atoms with E-state index in [1.54, 1.807) is 18.3 Å². The van der Waals surface area contributed by atoms with Crippen LogP contribution in [0.25, 0.3) is 22.0 Å². The maximum atomic E-state index is 12.8. The van der Waals surface area contributed by atoms with Crippen LogP contribution < -0.4 is 5.32 Å². The number of halogens is 4. The van der Waals surface area contributed by atoms with Gasteiger partial charge in [0.05, 0.1) is 32.8 Å². The number of carbonyl (C=O) groups excluding carboxylic acids is 1. The fourth-order valence-corrected chi connectivity index (χ4v) is 4.25. The summed E-state index contributed by atoms with van der Waals surface area (Å²) in [6, 6.07) is 17.3. The maximum Gasteiger partial charge on any atom is 0.322 e. The van der Waals surface area contributed by atoms with E-state index in [1.807, 2.05) is 18.2 Å². The summed E-state index contributed by atoms with van der Waals surface area (Å²) < 4.78 is 12.8. The van der Waals surface area contributed by atoms with Gasteiger partial charge in [-0.15, -0.1) is 0 Å². The number of rotatable bonds is 4. The van der Waals surface area contributed by atoms with Crippen LogP contribution in [0, 0.1) is 24.1 Å². The van der Waals surface area contributed by atoms with Gasteiger partial charge in [0, 0.05) is 27.7 Å². The zero-order chi connectivity index (χ0) is 26.4. The van der Waals surface area contributed by atoms with E-state index in [0.29, 0.717) is 10.6 Å². The third-order valence-corrected chi connectivity index (χ3v) is 5.92. The lowest BCUT2D eigenvalue weighted by Crippen LogP contribution is -2.29. The standard InChI is InChI=1S/C17H11ClN2.C9H6Cl2FNO3/c1-11-4-6-15(17-13(11)3-2-8-20-17)14-7-5-12(10-19)9-16(14)18;10-5-1-4(12)2-6(11)8(5)9(16)13-3-7(14)15/h2-9H,1H3;1-2H,3H2,(H,13,16)(H,14,15). The monoisotopic (exact) mass is 543 g/mol. The number of hydrogen-bond acceptors (Lipinski definition) is 4. The SMILES string of the molecule is Cc1ccc(-c2ccc(C#N)cc2Cl)c2ncccc12.O=C(O)CNC(=O)c1c(Cl)cc(F)cc1Cl. The molecule has 0 aliphatic carbocycles. The maximum absolute atomic E-state index is 12.8. The smallest absolute Gasteiger partial charge is 0.322 e. The second-order valence-electron chi connectivity index (χ2n) is 7.46. The number of carbonyl (C=O) groups is 2. The van der Waals surface area contributed by atoms with Gasteiger partial charge in [0.15, 0.2) is 0 Å². The molecule has 1 aromatic heterocycles. The van der Waals surface area contributed by atoms with Crippen LogP contribution in [-0.2, 0) is 4.79 Å². The molecule has 4 aromatic rings.